The molecule has 2 unspecified atom stereocenters. The van der Waals surface area contributed by atoms with Gasteiger partial charge in [0.15, 0.2) is 0 Å². The first-order chi connectivity index (χ1) is 9.94. The van der Waals surface area contributed by atoms with E-state index in [-0.39, 0.29) is 12.1 Å². The smallest absolute Gasteiger partial charge is 0.240 e. The molecule has 6 heteroatoms. The fraction of sp³-hybridized carbons (Fsp3) is 0.600. The predicted octanol–water partition coefficient (Wildman–Crippen LogP) is 2.78. The van der Waals surface area contributed by atoms with Crippen molar-refractivity contribution in [1.29, 1.82) is 0 Å². The number of rotatable bonds is 9. The minimum absolute atomic E-state index is 0.0742. The summed E-state index contributed by atoms with van der Waals surface area (Å²) < 4.78 is 27.6. The van der Waals surface area contributed by atoms with Gasteiger partial charge in [0.1, 0.15) is 0 Å². The molecule has 0 amide bonds. The van der Waals surface area contributed by atoms with E-state index >= 15 is 0 Å². The van der Waals surface area contributed by atoms with Crippen molar-refractivity contribution < 1.29 is 8.42 Å². The van der Waals surface area contributed by atoms with Crippen LogP contribution in [0.5, 0.6) is 0 Å². The summed E-state index contributed by atoms with van der Waals surface area (Å²) in [6, 6.07) is 7.26. The Bertz CT molecular complexity index is 528. The molecular weight excluding hydrogens is 304 g/mol. The predicted molar refractivity (Wildman–Crippen MR) is 91.3 cm³/mol. The van der Waals surface area contributed by atoms with E-state index in [1.165, 1.54) is 0 Å². The van der Waals surface area contributed by atoms with Gasteiger partial charge in [-0.15, -0.1) is 0 Å². The third-order valence-electron chi connectivity index (χ3n) is 3.26. The second-order valence-corrected chi connectivity index (χ2v) is 8.04. The van der Waals surface area contributed by atoms with E-state index in [2.05, 4.69) is 23.9 Å². The molecule has 0 saturated heterocycles. The number of hydrogen-bond donors (Lipinski definition) is 2. The van der Waals surface area contributed by atoms with Crippen LogP contribution in [-0.2, 0) is 10.0 Å². The average molecular weight is 331 g/mol. The van der Waals surface area contributed by atoms with Gasteiger partial charge in [-0.25, -0.2) is 13.1 Å². The van der Waals surface area contributed by atoms with Crippen LogP contribution in [0, 0.1) is 0 Å². The molecule has 4 nitrogen and oxygen atoms in total. The Labute approximate surface area is 133 Å². The number of benzene rings is 1. The molecule has 1 rings (SSSR count). The Morgan fingerprint density at radius 3 is 2.57 bits per heavy atom. The first-order valence-electron chi connectivity index (χ1n) is 7.31. The molecule has 21 heavy (non-hydrogen) atoms. The lowest BCUT2D eigenvalue weighted by Crippen LogP contribution is -2.34. The molecule has 0 fully saturated rings. The zero-order chi connectivity index (χ0) is 15.9. The summed E-state index contributed by atoms with van der Waals surface area (Å²) in [7, 11) is -1.57. The first kappa shape index (κ1) is 18.5. The summed E-state index contributed by atoms with van der Waals surface area (Å²) in [4.78, 5) is 0.335. The summed E-state index contributed by atoms with van der Waals surface area (Å²) in [6.07, 6.45) is 0.914. The van der Waals surface area contributed by atoms with Gasteiger partial charge in [0.2, 0.25) is 10.0 Å². The Balaban J connectivity index is 2.90. The lowest BCUT2D eigenvalue weighted by molar-refractivity contribution is 0.565. The molecule has 2 atom stereocenters. The minimum atomic E-state index is -3.45. The van der Waals surface area contributed by atoms with Gasteiger partial charge >= 0.3 is 0 Å². The van der Waals surface area contributed by atoms with Crippen LogP contribution in [0.15, 0.2) is 29.2 Å². The topological polar surface area (TPSA) is 58.2 Å². The van der Waals surface area contributed by atoms with E-state index in [9.17, 15) is 8.42 Å². The second kappa shape index (κ2) is 8.78. The summed E-state index contributed by atoms with van der Waals surface area (Å²) in [5, 5.41) is 3.20. The van der Waals surface area contributed by atoms with Crippen molar-refractivity contribution in [3.05, 3.63) is 29.8 Å². The third-order valence-corrected chi connectivity index (χ3v) is 5.99. The molecule has 0 radical (unpaired) electrons. The van der Waals surface area contributed by atoms with Crippen molar-refractivity contribution in [2.24, 2.45) is 0 Å². The van der Waals surface area contributed by atoms with Crippen molar-refractivity contribution in [2.45, 2.75) is 44.2 Å². The molecule has 0 heterocycles. The van der Waals surface area contributed by atoms with Crippen molar-refractivity contribution in [3.63, 3.8) is 0 Å². The van der Waals surface area contributed by atoms with Gasteiger partial charge in [-0.05, 0) is 43.8 Å². The van der Waals surface area contributed by atoms with E-state index < -0.39 is 10.0 Å². The SMILES string of the molecule is CCSCC(C)NS(=O)(=O)c1cccc(C(CC)NC)c1. The zero-order valence-corrected chi connectivity index (χ0v) is 14.9. The molecular formula is C15H26N2O2S2. The van der Waals surface area contributed by atoms with E-state index in [1.54, 1.807) is 30.0 Å². The molecule has 0 aromatic heterocycles. The molecule has 120 valence electrons. The van der Waals surface area contributed by atoms with Crippen LogP contribution < -0.4 is 10.0 Å². The highest BCUT2D eigenvalue weighted by Crippen LogP contribution is 2.20. The van der Waals surface area contributed by atoms with Crippen molar-refractivity contribution in [3.8, 4) is 0 Å². The number of nitrogens with one attached hydrogen (secondary N) is 2. The molecule has 2 N–H and O–H groups in total. The molecule has 1 aromatic rings. The summed E-state index contributed by atoms with van der Waals surface area (Å²) in [6.45, 7) is 6.04. The number of thioether (sulfide) groups is 1. The average Bonchev–Trinajstić information content (AvgIpc) is 2.46. The van der Waals surface area contributed by atoms with Crippen molar-refractivity contribution in [2.75, 3.05) is 18.6 Å². The molecule has 1 aromatic carbocycles. The quantitative estimate of drug-likeness (QED) is 0.731. The fourth-order valence-corrected chi connectivity index (χ4v) is 4.24. The van der Waals surface area contributed by atoms with Crippen LogP contribution in [0.4, 0.5) is 0 Å². The van der Waals surface area contributed by atoms with Crippen LogP contribution in [0.1, 0.15) is 38.8 Å². The van der Waals surface area contributed by atoms with Gasteiger partial charge in [-0.2, -0.15) is 11.8 Å². The zero-order valence-electron chi connectivity index (χ0n) is 13.2. The largest absolute Gasteiger partial charge is 0.313 e. The van der Waals surface area contributed by atoms with Crippen LogP contribution in [0.2, 0.25) is 0 Å². The van der Waals surface area contributed by atoms with Crippen LogP contribution in [0.25, 0.3) is 0 Å². The van der Waals surface area contributed by atoms with E-state index in [1.807, 2.05) is 20.0 Å². The van der Waals surface area contributed by atoms with E-state index in [0.717, 1.165) is 23.5 Å². The normalized spacial score (nSPS) is 14.9. The lowest BCUT2D eigenvalue weighted by atomic mass is 10.1. The third kappa shape index (κ3) is 5.62. The number of hydrogen-bond acceptors (Lipinski definition) is 4. The van der Waals surface area contributed by atoms with Gasteiger partial charge in [0, 0.05) is 17.8 Å². The van der Waals surface area contributed by atoms with E-state index in [0.29, 0.717) is 4.90 Å². The fourth-order valence-electron chi connectivity index (χ4n) is 2.17. The lowest BCUT2D eigenvalue weighted by Gasteiger charge is -2.17. The molecule has 0 bridgehead atoms. The maximum Gasteiger partial charge on any atom is 0.240 e. The molecule has 0 aliphatic carbocycles. The van der Waals surface area contributed by atoms with Gasteiger partial charge in [0.05, 0.1) is 4.90 Å². The Morgan fingerprint density at radius 1 is 1.29 bits per heavy atom. The van der Waals surface area contributed by atoms with Gasteiger partial charge in [-0.3, -0.25) is 0 Å². The van der Waals surface area contributed by atoms with Crippen molar-refractivity contribution in [1.82, 2.24) is 10.0 Å². The molecule has 0 aliphatic heterocycles. The second-order valence-electron chi connectivity index (χ2n) is 5.00. The molecule has 0 aliphatic rings. The Kier molecular flexibility index (Phi) is 7.73. The molecule has 0 saturated carbocycles. The van der Waals surface area contributed by atoms with Crippen LogP contribution in [0.3, 0.4) is 0 Å². The maximum atomic E-state index is 12.4. The van der Waals surface area contributed by atoms with Crippen LogP contribution in [-0.4, -0.2) is 33.0 Å². The van der Waals surface area contributed by atoms with Gasteiger partial charge in [-0.1, -0.05) is 26.0 Å². The Morgan fingerprint density at radius 2 is 2.00 bits per heavy atom. The standard InChI is InChI=1S/C15H26N2O2S2/c1-5-15(16-4)13-8-7-9-14(10-13)21(18,19)17-12(3)11-20-6-2/h7-10,12,15-17H,5-6,11H2,1-4H3. The van der Waals surface area contributed by atoms with Gasteiger partial charge in [0.25, 0.3) is 0 Å². The first-order valence-corrected chi connectivity index (χ1v) is 9.95. The monoisotopic (exact) mass is 330 g/mol. The summed E-state index contributed by atoms with van der Waals surface area (Å²) >= 11 is 1.73. The molecule has 0 spiro atoms. The number of sulfonamides is 1. The van der Waals surface area contributed by atoms with Crippen molar-refractivity contribution >= 4 is 21.8 Å². The maximum absolute atomic E-state index is 12.4. The van der Waals surface area contributed by atoms with Gasteiger partial charge < -0.3 is 5.32 Å². The summed E-state index contributed by atoms with van der Waals surface area (Å²) in [5.74, 6) is 1.77. The van der Waals surface area contributed by atoms with E-state index in [4.69, 9.17) is 0 Å². The highest BCUT2D eigenvalue weighted by atomic mass is 32.2. The van der Waals surface area contributed by atoms with Crippen LogP contribution >= 0.6 is 11.8 Å². The Hall–Kier alpha value is -0.560. The highest BCUT2D eigenvalue weighted by Gasteiger charge is 2.18. The minimum Gasteiger partial charge on any atom is -0.313 e. The summed E-state index contributed by atoms with van der Waals surface area (Å²) in [5.41, 5.74) is 0.999. The highest BCUT2D eigenvalue weighted by molar-refractivity contribution is 7.99.